The summed E-state index contributed by atoms with van der Waals surface area (Å²) in [7, 11) is 1.82. The van der Waals surface area contributed by atoms with E-state index in [4.69, 9.17) is 14.9 Å². The fraction of sp³-hybridized carbons (Fsp3) is 0.182. The largest absolute Gasteiger partial charge is 0.486 e. The molecule has 0 unspecified atom stereocenters. The molecule has 0 aliphatic carbocycles. The van der Waals surface area contributed by atoms with Gasteiger partial charge in [0.05, 0.1) is 0 Å². The third-order valence-electron chi connectivity index (χ3n) is 3.77. The Labute approximate surface area is 180 Å². The van der Waals surface area contributed by atoms with Crippen molar-refractivity contribution in [2.24, 2.45) is 5.73 Å². The van der Waals surface area contributed by atoms with Gasteiger partial charge in [-0.15, -0.1) is 0 Å². The van der Waals surface area contributed by atoms with E-state index in [1.165, 1.54) is 18.0 Å². The molecular formula is C22H26N4O3S. The fourth-order valence-electron chi connectivity index (χ4n) is 2.22. The summed E-state index contributed by atoms with van der Waals surface area (Å²) in [6.45, 7) is 4.40. The minimum Gasteiger partial charge on any atom is -0.486 e. The first-order chi connectivity index (χ1) is 14.6. The van der Waals surface area contributed by atoms with Gasteiger partial charge in [0.1, 0.15) is 18.0 Å². The van der Waals surface area contributed by atoms with Crippen LogP contribution in [0.3, 0.4) is 0 Å². The number of nitrogens with one attached hydrogen (secondary N) is 2. The SMILES string of the molecule is C/C=C(\N)NSc1ccc2oc(=O)ccc2c1.C/C=C/COc1cccnc1NC. The van der Waals surface area contributed by atoms with Crippen molar-refractivity contribution in [3.63, 3.8) is 0 Å². The lowest BCUT2D eigenvalue weighted by molar-refractivity contribution is 0.363. The number of pyridine rings is 1. The van der Waals surface area contributed by atoms with Gasteiger partial charge < -0.3 is 24.9 Å². The molecule has 158 valence electrons. The second kappa shape index (κ2) is 12.2. The minimum absolute atomic E-state index is 0.339. The molecule has 2 heterocycles. The van der Waals surface area contributed by atoms with Crippen molar-refractivity contribution >= 4 is 28.7 Å². The highest BCUT2D eigenvalue weighted by atomic mass is 32.2. The van der Waals surface area contributed by atoms with Crippen LogP contribution in [0, 0.1) is 0 Å². The average molecular weight is 427 g/mol. The maximum absolute atomic E-state index is 11.0. The first-order valence-corrected chi connectivity index (χ1v) is 10.1. The van der Waals surface area contributed by atoms with E-state index in [1.54, 1.807) is 24.4 Å². The molecule has 1 aromatic carbocycles. The number of hydrogen-bond acceptors (Lipinski definition) is 8. The second-order valence-electron chi connectivity index (χ2n) is 5.88. The average Bonchev–Trinajstić information content (AvgIpc) is 2.78. The van der Waals surface area contributed by atoms with E-state index in [2.05, 4.69) is 15.0 Å². The Hall–Kier alpha value is -3.39. The Morgan fingerprint density at radius 3 is 2.83 bits per heavy atom. The van der Waals surface area contributed by atoms with E-state index in [-0.39, 0.29) is 5.63 Å². The number of anilines is 1. The Balaban J connectivity index is 0.000000222. The highest BCUT2D eigenvalue weighted by Gasteiger charge is 2.01. The number of benzene rings is 1. The fourth-order valence-corrected chi connectivity index (χ4v) is 2.89. The molecule has 3 aromatic rings. The summed E-state index contributed by atoms with van der Waals surface area (Å²) in [5.41, 5.74) is 5.87. The summed E-state index contributed by atoms with van der Waals surface area (Å²) in [6.07, 6.45) is 7.42. The van der Waals surface area contributed by atoms with Gasteiger partial charge in [-0.25, -0.2) is 9.78 Å². The van der Waals surface area contributed by atoms with Crippen LogP contribution >= 0.6 is 11.9 Å². The minimum atomic E-state index is -0.339. The number of ether oxygens (including phenoxy) is 1. The third-order valence-corrected chi connectivity index (χ3v) is 4.59. The molecule has 4 N–H and O–H groups in total. The van der Waals surface area contributed by atoms with Crippen LogP contribution in [0.5, 0.6) is 5.75 Å². The van der Waals surface area contributed by atoms with Gasteiger partial charge in [0.2, 0.25) is 0 Å². The molecule has 0 amide bonds. The lowest BCUT2D eigenvalue weighted by Crippen LogP contribution is -2.11. The zero-order valence-corrected chi connectivity index (χ0v) is 18.0. The normalized spacial score (nSPS) is 11.1. The summed E-state index contributed by atoms with van der Waals surface area (Å²) in [5, 5.41) is 3.85. The highest BCUT2D eigenvalue weighted by molar-refractivity contribution is 7.97. The zero-order chi connectivity index (χ0) is 21.8. The van der Waals surface area contributed by atoms with Gasteiger partial charge >= 0.3 is 5.63 Å². The van der Waals surface area contributed by atoms with Gasteiger partial charge in [-0.3, -0.25) is 0 Å². The van der Waals surface area contributed by atoms with Crippen molar-refractivity contribution in [3.8, 4) is 5.75 Å². The molecule has 0 aliphatic heterocycles. The van der Waals surface area contributed by atoms with Crippen LogP contribution < -0.4 is 26.1 Å². The summed E-state index contributed by atoms with van der Waals surface area (Å²) in [5.74, 6) is 2.16. The van der Waals surface area contributed by atoms with Crippen LogP contribution in [0.4, 0.5) is 5.82 Å². The van der Waals surface area contributed by atoms with Crippen molar-refractivity contribution in [2.75, 3.05) is 19.0 Å². The maximum Gasteiger partial charge on any atom is 0.336 e. The molecule has 0 aliphatic rings. The molecule has 0 bridgehead atoms. The molecule has 2 aromatic heterocycles. The van der Waals surface area contributed by atoms with Gasteiger partial charge in [-0.1, -0.05) is 12.2 Å². The lowest BCUT2D eigenvalue weighted by atomic mass is 10.2. The third kappa shape index (κ3) is 7.21. The molecule has 0 radical (unpaired) electrons. The number of nitrogens with zero attached hydrogens (tertiary/aromatic N) is 1. The standard InChI is InChI=1S/C12H12N2O2S.C10H14N2O/c1-2-11(13)14-17-9-4-5-10-8(7-9)3-6-12(15)16-10;1-3-4-8-13-9-6-5-7-12-10(9)11-2/h2-7,14H,13H2,1H3;3-7H,8H2,1-2H3,(H,11,12)/b11-2+;4-3+. The van der Waals surface area contributed by atoms with E-state index in [0.29, 0.717) is 18.0 Å². The first kappa shape index (κ1) is 22.9. The maximum atomic E-state index is 11.0. The zero-order valence-electron chi connectivity index (χ0n) is 17.2. The van der Waals surface area contributed by atoms with Crippen molar-refractivity contribution < 1.29 is 9.15 Å². The predicted molar refractivity (Wildman–Crippen MR) is 124 cm³/mol. The van der Waals surface area contributed by atoms with Gasteiger partial charge in [0.25, 0.3) is 0 Å². The topological polar surface area (TPSA) is 102 Å². The van der Waals surface area contributed by atoms with Gasteiger partial charge in [0.15, 0.2) is 11.6 Å². The van der Waals surface area contributed by atoms with Crippen LogP contribution in [0.15, 0.2) is 86.8 Å². The molecular weight excluding hydrogens is 400 g/mol. The Kier molecular flexibility index (Phi) is 9.33. The van der Waals surface area contributed by atoms with E-state index >= 15 is 0 Å². The monoisotopic (exact) mass is 426 g/mol. The molecule has 0 atom stereocenters. The second-order valence-corrected chi connectivity index (χ2v) is 6.76. The molecule has 0 saturated heterocycles. The van der Waals surface area contributed by atoms with Crippen LogP contribution in [-0.2, 0) is 0 Å². The van der Waals surface area contributed by atoms with Crippen LogP contribution in [0.2, 0.25) is 0 Å². The van der Waals surface area contributed by atoms with Gasteiger partial charge in [-0.05, 0) is 68.3 Å². The van der Waals surface area contributed by atoms with E-state index < -0.39 is 0 Å². The Morgan fingerprint density at radius 1 is 1.27 bits per heavy atom. The molecule has 30 heavy (non-hydrogen) atoms. The number of fused-ring (bicyclic) bond motifs is 1. The molecule has 3 rings (SSSR count). The van der Waals surface area contributed by atoms with Crippen molar-refractivity contribution in [3.05, 3.63) is 83.1 Å². The number of rotatable bonds is 7. The smallest absolute Gasteiger partial charge is 0.336 e. The van der Waals surface area contributed by atoms with Crippen LogP contribution in [-0.4, -0.2) is 18.6 Å². The van der Waals surface area contributed by atoms with Crippen molar-refractivity contribution in [2.45, 2.75) is 18.7 Å². The molecule has 0 fully saturated rings. The quantitative estimate of drug-likeness (QED) is 0.292. The number of nitrogens with two attached hydrogens (primary N) is 1. The van der Waals surface area contributed by atoms with E-state index in [0.717, 1.165) is 21.8 Å². The van der Waals surface area contributed by atoms with Gasteiger partial charge in [0, 0.05) is 29.6 Å². The van der Waals surface area contributed by atoms with Gasteiger partial charge in [-0.2, -0.15) is 0 Å². The highest BCUT2D eigenvalue weighted by Crippen LogP contribution is 2.21. The Bertz CT molecular complexity index is 1060. The van der Waals surface area contributed by atoms with E-state index in [1.807, 2.05) is 57.3 Å². The molecule has 7 nitrogen and oxygen atoms in total. The first-order valence-electron chi connectivity index (χ1n) is 9.32. The summed E-state index contributed by atoms with van der Waals surface area (Å²) in [4.78, 5) is 16.1. The lowest BCUT2D eigenvalue weighted by Gasteiger charge is -2.07. The summed E-state index contributed by atoms with van der Waals surface area (Å²) >= 11 is 1.41. The summed E-state index contributed by atoms with van der Waals surface area (Å²) < 4.78 is 13.5. The van der Waals surface area contributed by atoms with Crippen LogP contribution in [0.1, 0.15) is 13.8 Å². The van der Waals surface area contributed by atoms with Crippen molar-refractivity contribution in [1.29, 1.82) is 0 Å². The Morgan fingerprint density at radius 2 is 2.10 bits per heavy atom. The molecule has 0 spiro atoms. The summed E-state index contributed by atoms with van der Waals surface area (Å²) in [6, 6.07) is 12.5. The van der Waals surface area contributed by atoms with Crippen molar-refractivity contribution in [1.82, 2.24) is 9.71 Å². The number of allylic oxidation sites excluding steroid dienone is 2. The molecule has 0 saturated carbocycles. The molecule has 8 heteroatoms. The number of hydrogen-bond donors (Lipinski definition) is 3. The van der Waals surface area contributed by atoms with E-state index in [9.17, 15) is 4.79 Å². The number of aromatic nitrogens is 1. The predicted octanol–water partition coefficient (Wildman–Crippen LogP) is 4.29. The van der Waals surface area contributed by atoms with Crippen LogP contribution in [0.25, 0.3) is 11.0 Å².